The molecular weight excluding hydrogens is 200 g/mol. The Morgan fingerprint density at radius 2 is 1.94 bits per heavy atom. The molecule has 1 unspecified atom stereocenters. The Morgan fingerprint density at radius 1 is 1.19 bits per heavy atom. The molecule has 0 saturated carbocycles. The van der Waals surface area contributed by atoms with Crippen molar-refractivity contribution in [3.8, 4) is 0 Å². The van der Waals surface area contributed by atoms with E-state index in [1.54, 1.807) is 0 Å². The van der Waals surface area contributed by atoms with E-state index in [0.717, 1.165) is 19.4 Å². The quantitative estimate of drug-likeness (QED) is 0.776. The third-order valence-electron chi connectivity index (χ3n) is 3.03. The van der Waals surface area contributed by atoms with Crippen LogP contribution < -0.4 is 0 Å². The first-order valence-electron chi connectivity index (χ1n) is 6.03. The van der Waals surface area contributed by atoms with E-state index in [-0.39, 0.29) is 11.9 Å². The first-order valence-corrected chi connectivity index (χ1v) is 6.03. The van der Waals surface area contributed by atoms with E-state index in [4.69, 9.17) is 9.47 Å². The van der Waals surface area contributed by atoms with Crippen LogP contribution in [0.3, 0.4) is 0 Å². The zero-order valence-corrected chi connectivity index (χ0v) is 10.1. The molecule has 2 rings (SSSR count). The highest BCUT2D eigenvalue weighted by molar-refractivity contribution is 5.20. The molecule has 1 atom stereocenters. The van der Waals surface area contributed by atoms with Gasteiger partial charge in [0, 0.05) is 6.61 Å². The minimum Gasteiger partial charge on any atom is -0.353 e. The number of hydrogen-bond donors (Lipinski definition) is 0. The molecule has 0 amide bonds. The summed E-state index contributed by atoms with van der Waals surface area (Å²) in [6.07, 6.45) is 3.33. The third-order valence-corrected chi connectivity index (χ3v) is 3.03. The van der Waals surface area contributed by atoms with Crippen LogP contribution >= 0.6 is 0 Å². The summed E-state index contributed by atoms with van der Waals surface area (Å²) in [5.74, 6) is 0. The molecule has 0 aromatic heterocycles. The molecule has 88 valence electrons. The summed E-state index contributed by atoms with van der Waals surface area (Å²) in [7, 11) is 0. The normalized spacial score (nSPS) is 22.0. The van der Waals surface area contributed by atoms with Crippen molar-refractivity contribution in [3.05, 3.63) is 35.9 Å². The molecule has 1 heterocycles. The molecule has 2 nitrogen and oxygen atoms in total. The van der Waals surface area contributed by atoms with Gasteiger partial charge in [-0.1, -0.05) is 30.3 Å². The minimum absolute atomic E-state index is 0.0380. The van der Waals surface area contributed by atoms with Crippen LogP contribution in [-0.2, 0) is 15.1 Å². The summed E-state index contributed by atoms with van der Waals surface area (Å²) in [6.45, 7) is 5.02. The largest absolute Gasteiger partial charge is 0.353 e. The van der Waals surface area contributed by atoms with E-state index in [1.807, 2.05) is 18.2 Å². The third kappa shape index (κ3) is 2.83. The van der Waals surface area contributed by atoms with Crippen molar-refractivity contribution < 1.29 is 9.47 Å². The molecule has 0 N–H and O–H groups in total. The zero-order chi connectivity index (χ0) is 11.4. The fourth-order valence-corrected chi connectivity index (χ4v) is 2.04. The van der Waals surface area contributed by atoms with E-state index >= 15 is 0 Å². The van der Waals surface area contributed by atoms with Crippen molar-refractivity contribution in [1.82, 2.24) is 0 Å². The van der Waals surface area contributed by atoms with Gasteiger partial charge in [0.1, 0.15) is 0 Å². The monoisotopic (exact) mass is 220 g/mol. The first-order chi connectivity index (χ1) is 7.68. The van der Waals surface area contributed by atoms with E-state index in [2.05, 4.69) is 26.0 Å². The lowest BCUT2D eigenvalue weighted by molar-refractivity contribution is -0.219. The maximum absolute atomic E-state index is 6.04. The van der Waals surface area contributed by atoms with Crippen LogP contribution in [0.1, 0.15) is 38.7 Å². The Balaban J connectivity index is 2.01. The van der Waals surface area contributed by atoms with E-state index in [9.17, 15) is 0 Å². The minimum atomic E-state index is -0.275. The fraction of sp³-hybridized carbons (Fsp3) is 0.571. The number of hydrogen-bond acceptors (Lipinski definition) is 2. The molecule has 1 aliphatic rings. The van der Waals surface area contributed by atoms with E-state index < -0.39 is 0 Å². The lowest BCUT2D eigenvalue weighted by Crippen LogP contribution is -2.32. The molecule has 0 aliphatic carbocycles. The smallest absolute Gasteiger partial charge is 0.158 e. The van der Waals surface area contributed by atoms with Crippen LogP contribution in [0.15, 0.2) is 30.3 Å². The SMILES string of the molecule is CC(C)(OC1CCCCO1)c1ccccc1. The average molecular weight is 220 g/mol. The second-order valence-electron chi connectivity index (χ2n) is 4.79. The van der Waals surface area contributed by atoms with Crippen LogP contribution in [0.25, 0.3) is 0 Å². The highest BCUT2D eigenvalue weighted by Crippen LogP contribution is 2.28. The average Bonchev–Trinajstić information content (AvgIpc) is 2.31. The maximum Gasteiger partial charge on any atom is 0.158 e. The summed E-state index contributed by atoms with van der Waals surface area (Å²) in [5, 5.41) is 0. The summed E-state index contributed by atoms with van der Waals surface area (Å²) in [6, 6.07) is 10.3. The second kappa shape index (κ2) is 4.98. The Kier molecular flexibility index (Phi) is 3.62. The van der Waals surface area contributed by atoms with Crippen molar-refractivity contribution in [1.29, 1.82) is 0 Å². The fourth-order valence-electron chi connectivity index (χ4n) is 2.04. The highest BCUT2D eigenvalue weighted by atomic mass is 16.7. The summed E-state index contributed by atoms with van der Waals surface area (Å²) >= 11 is 0. The lowest BCUT2D eigenvalue weighted by Gasteiger charge is -2.33. The van der Waals surface area contributed by atoms with Crippen LogP contribution in [-0.4, -0.2) is 12.9 Å². The predicted octanol–water partition coefficient (Wildman–Crippen LogP) is 3.46. The van der Waals surface area contributed by atoms with Crippen molar-refractivity contribution >= 4 is 0 Å². The van der Waals surface area contributed by atoms with Gasteiger partial charge in [0.05, 0.1) is 5.60 Å². The second-order valence-corrected chi connectivity index (χ2v) is 4.79. The van der Waals surface area contributed by atoms with Gasteiger partial charge in [-0.15, -0.1) is 0 Å². The Morgan fingerprint density at radius 3 is 2.56 bits per heavy atom. The molecular formula is C14H20O2. The zero-order valence-electron chi connectivity index (χ0n) is 10.1. The van der Waals surface area contributed by atoms with Crippen molar-refractivity contribution in [3.63, 3.8) is 0 Å². The van der Waals surface area contributed by atoms with Gasteiger partial charge >= 0.3 is 0 Å². The van der Waals surface area contributed by atoms with Crippen LogP contribution in [0.4, 0.5) is 0 Å². The van der Waals surface area contributed by atoms with Gasteiger partial charge in [0.15, 0.2) is 6.29 Å². The summed E-state index contributed by atoms with van der Waals surface area (Å²) in [5.41, 5.74) is 0.924. The number of benzene rings is 1. The molecule has 2 heteroatoms. The van der Waals surface area contributed by atoms with E-state index in [1.165, 1.54) is 12.0 Å². The van der Waals surface area contributed by atoms with Gasteiger partial charge in [0.25, 0.3) is 0 Å². The summed E-state index contributed by atoms with van der Waals surface area (Å²) in [4.78, 5) is 0. The van der Waals surface area contributed by atoms with Crippen molar-refractivity contribution in [2.75, 3.05) is 6.61 Å². The van der Waals surface area contributed by atoms with Gasteiger partial charge in [-0.3, -0.25) is 0 Å². The van der Waals surface area contributed by atoms with Gasteiger partial charge in [0.2, 0.25) is 0 Å². The Hall–Kier alpha value is -0.860. The van der Waals surface area contributed by atoms with Crippen LogP contribution in [0, 0.1) is 0 Å². The Labute approximate surface area is 97.6 Å². The lowest BCUT2D eigenvalue weighted by atomic mass is 9.98. The first kappa shape index (κ1) is 11.6. The standard InChI is InChI=1S/C14H20O2/c1-14(2,12-8-4-3-5-9-12)16-13-10-6-7-11-15-13/h3-5,8-9,13H,6-7,10-11H2,1-2H3. The van der Waals surface area contributed by atoms with Crippen LogP contribution in [0.2, 0.25) is 0 Å². The molecule has 1 aliphatic heterocycles. The molecule has 0 radical (unpaired) electrons. The number of rotatable bonds is 3. The molecule has 0 spiro atoms. The molecule has 1 fully saturated rings. The molecule has 1 aromatic rings. The highest BCUT2D eigenvalue weighted by Gasteiger charge is 2.27. The molecule has 16 heavy (non-hydrogen) atoms. The molecule has 1 aromatic carbocycles. The maximum atomic E-state index is 6.04. The van der Waals surface area contributed by atoms with Gasteiger partial charge in [-0.2, -0.15) is 0 Å². The number of ether oxygens (including phenoxy) is 2. The van der Waals surface area contributed by atoms with Gasteiger partial charge in [-0.25, -0.2) is 0 Å². The molecule has 1 saturated heterocycles. The van der Waals surface area contributed by atoms with Crippen molar-refractivity contribution in [2.45, 2.75) is 45.0 Å². The Bertz CT molecular complexity index is 313. The summed E-state index contributed by atoms with van der Waals surface area (Å²) < 4.78 is 11.7. The van der Waals surface area contributed by atoms with E-state index in [0.29, 0.717) is 0 Å². The predicted molar refractivity (Wildman–Crippen MR) is 64.1 cm³/mol. The van der Waals surface area contributed by atoms with Crippen molar-refractivity contribution in [2.24, 2.45) is 0 Å². The molecule has 0 bridgehead atoms. The van der Waals surface area contributed by atoms with Gasteiger partial charge in [-0.05, 0) is 38.7 Å². The van der Waals surface area contributed by atoms with Crippen LogP contribution in [0.5, 0.6) is 0 Å². The topological polar surface area (TPSA) is 18.5 Å². The van der Waals surface area contributed by atoms with Gasteiger partial charge < -0.3 is 9.47 Å².